The van der Waals surface area contributed by atoms with Crippen molar-refractivity contribution in [1.82, 2.24) is 10.3 Å². The lowest BCUT2D eigenvalue weighted by Gasteiger charge is -2.11. The minimum Gasteiger partial charge on any atom is -0.385 e. The number of hydrogen-bond donors (Lipinski definition) is 2. The molecule has 4 nitrogen and oxygen atoms in total. The SMILES string of the molecule is CCNc1cc(C)ccc1C(=O)NCc1cncs1. The molecule has 0 saturated heterocycles. The van der Waals surface area contributed by atoms with Gasteiger partial charge in [-0.1, -0.05) is 6.07 Å². The van der Waals surface area contributed by atoms with Crippen LogP contribution >= 0.6 is 11.3 Å². The first-order chi connectivity index (χ1) is 9.20. The molecule has 2 N–H and O–H groups in total. The topological polar surface area (TPSA) is 54.0 Å². The van der Waals surface area contributed by atoms with E-state index in [2.05, 4.69) is 15.6 Å². The lowest BCUT2D eigenvalue weighted by Crippen LogP contribution is -2.23. The van der Waals surface area contributed by atoms with Crippen LogP contribution in [0.4, 0.5) is 5.69 Å². The summed E-state index contributed by atoms with van der Waals surface area (Å²) in [5.41, 5.74) is 4.45. The second-order valence-electron chi connectivity index (χ2n) is 4.23. The number of carbonyl (C=O) groups is 1. The van der Waals surface area contributed by atoms with Gasteiger partial charge in [0.1, 0.15) is 0 Å². The van der Waals surface area contributed by atoms with Gasteiger partial charge in [-0.05, 0) is 31.5 Å². The van der Waals surface area contributed by atoms with E-state index < -0.39 is 0 Å². The molecule has 1 heterocycles. The van der Waals surface area contributed by atoms with Crippen molar-refractivity contribution in [2.24, 2.45) is 0 Å². The first-order valence-electron chi connectivity index (χ1n) is 6.20. The lowest BCUT2D eigenvalue weighted by molar-refractivity contribution is 0.0952. The van der Waals surface area contributed by atoms with Crippen LogP contribution in [-0.2, 0) is 6.54 Å². The van der Waals surface area contributed by atoms with Crippen molar-refractivity contribution < 1.29 is 4.79 Å². The highest BCUT2D eigenvalue weighted by Crippen LogP contribution is 2.17. The van der Waals surface area contributed by atoms with Crippen molar-refractivity contribution >= 4 is 22.9 Å². The third-order valence-electron chi connectivity index (χ3n) is 2.69. The fourth-order valence-electron chi connectivity index (χ4n) is 1.78. The molecule has 0 aliphatic rings. The average Bonchev–Trinajstić information content (AvgIpc) is 2.90. The van der Waals surface area contributed by atoms with Gasteiger partial charge in [0.15, 0.2) is 0 Å². The van der Waals surface area contributed by atoms with Gasteiger partial charge >= 0.3 is 0 Å². The van der Waals surface area contributed by atoms with Crippen LogP contribution in [0.3, 0.4) is 0 Å². The van der Waals surface area contributed by atoms with E-state index in [4.69, 9.17) is 0 Å². The third-order valence-corrected chi connectivity index (χ3v) is 3.47. The Bertz CT molecular complexity index is 552. The van der Waals surface area contributed by atoms with Gasteiger partial charge in [0.2, 0.25) is 0 Å². The van der Waals surface area contributed by atoms with E-state index >= 15 is 0 Å². The standard InChI is InChI=1S/C14H17N3OS/c1-3-16-13-6-10(2)4-5-12(13)14(18)17-8-11-7-15-9-19-11/h4-7,9,16H,3,8H2,1-2H3,(H,17,18). The minimum atomic E-state index is -0.0654. The molecule has 0 aliphatic carbocycles. The van der Waals surface area contributed by atoms with Crippen LogP contribution < -0.4 is 10.6 Å². The lowest BCUT2D eigenvalue weighted by atomic mass is 10.1. The van der Waals surface area contributed by atoms with E-state index in [1.807, 2.05) is 32.0 Å². The maximum Gasteiger partial charge on any atom is 0.253 e. The molecule has 100 valence electrons. The normalized spacial score (nSPS) is 10.2. The summed E-state index contributed by atoms with van der Waals surface area (Å²) in [4.78, 5) is 17.2. The number of nitrogens with one attached hydrogen (secondary N) is 2. The van der Waals surface area contributed by atoms with Gasteiger partial charge in [-0.2, -0.15) is 0 Å². The predicted molar refractivity (Wildman–Crippen MR) is 78.6 cm³/mol. The molecule has 0 fully saturated rings. The average molecular weight is 275 g/mol. The van der Waals surface area contributed by atoms with E-state index in [9.17, 15) is 4.79 Å². The number of rotatable bonds is 5. The molecule has 2 aromatic rings. The monoisotopic (exact) mass is 275 g/mol. The van der Waals surface area contributed by atoms with Crippen LogP contribution in [0, 0.1) is 6.92 Å². The second-order valence-corrected chi connectivity index (χ2v) is 5.20. The molecule has 0 bridgehead atoms. The first-order valence-corrected chi connectivity index (χ1v) is 7.08. The Morgan fingerprint density at radius 1 is 1.42 bits per heavy atom. The molecule has 1 aromatic heterocycles. The summed E-state index contributed by atoms with van der Waals surface area (Å²) < 4.78 is 0. The summed E-state index contributed by atoms with van der Waals surface area (Å²) in [6, 6.07) is 5.79. The molecule has 5 heteroatoms. The number of carbonyl (C=O) groups excluding carboxylic acids is 1. The third kappa shape index (κ3) is 3.54. The number of thiazole rings is 1. The van der Waals surface area contributed by atoms with Crippen molar-refractivity contribution in [3.05, 3.63) is 45.9 Å². The summed E-state index contributed by atoms with van der Waals surface area (Å²) in [7, 11) is 0. The fourth-order valence-corrected chi connectivity index (χ4v) is 2.32. The molecule has 19 heavy (non-hydrogen) atoms. The highest BCUT2D eigenvalue weighted by Gasteiger charge is 2.11. The summed E-state index contributed by atoms with van der Waals surface area (Å²) in [5.74, 6) is -0.0654. The maximum atomic E-state index is 12.2. The number of amides is 1. The van der Waals surface area contributed by atoms with Gasteiger partial charge in [0, 0.05) is 23.3 Å². The Hall–Kier alpha value is -1.88. The predicted octanol–water partition coefficient (Wildman–Crippen LogP) is 2.81. The molecule has 1 aromatic carbocycles. The summed E-state index contributed by atoms with van der Waals surface area (Å²) >= 11 is 1.54. The molecule has 0 spiro atoms. The smallest absolute Gasteiger partial charge is 0.253 e. The molecule has 0 unspecified atom stereocenters. The van der Waals surface area contributed by atoms with E-state index in [1.165, 1.54) is 11.3 Å². The summed E-state index contributed by atoms with van der Waals surface area (Å²) in [5, 5.41) is 6.13. The van der Waals surface area contributed by atoms with Gasteiger partial charge < -0.3 is 10.6 Å². The van der Waals surface area contributed by atoms with Crippen LogP contribution in [0.1, 0.15) is 27.7 Å². The molecule has 0 saturated carbocycles. The molecule has 0 atom stereocenters. The van der Waals surface area contributed by atoms with Crippen LogP contribution in [0.25, 0.3) is 0 Å². The zero-order chi connectivity index (χ0) is 13.7. The maximum absolute atomic E-state index is 12.2. The molecule has 0 aliphatic heterocycles. The van der Waals surface area contributed by atoms with Crippen molar-refractivity contribution in [1.29, 1.82) is 0 Å². The van der Waals surface area contributed by atoms with E-state index in [0.717, 1.165) is 22.7 Å². The van der Waals surface area contributed by atoms with E-state index in [0.29, 0.717) is 12.1 Å². The van der Waals surface area contributed by atoms with E-state index in [-0.39, 0.29) is 5.91 Å². The van der Waals surface area contributed by atoms with Gasteiger partial charge in [0.25, 0.3) is 5.91 Å². The zero-order valence-corrected chi connectivity index (χ0v) is 11.9. The molecule has 1 amide bonds. The Morgan fingerprint density at radius 2 is 2.26 bits per heavy atom. The van der Waals surface area contributed by atoms with Crippen LogP contribution in [-0.4, -0.2) is 17.4 Å². The van der Waals surface area contributed by atoms with Crippen molar-refractivity contribution in [3.8, 4) is 0 Å². The molecule has 0 radical (unpaired) electrons. The highest BCUT2D eigenvalue weighted by molar-refractivity contribution is 7.09. The fraction of sp³-hybridized carbons (Fsp3) is 0.286. The Labute approximate surface area is 116 Å². The van der Waals surface area contributed by atoms with E-state index in [1.54, 1.807) is 11.7 Å². The number of benzene rings is 1. The van der Waals surface area contributed by atoms with Gasteiger partial charge in [-0.15, -0.1) is 11.3 Å². The highest BCUT2D eigenvalue weighted by atomic mass is 32.1. The van der Waals surface area contributed by atoms with Gasteiger partial charge in [-0.25, -0.2) is 0 Å². The molecular formula is C14H17N3OS. The number of nitrogens with zero attached hydrogens (tertiary/aromatic N) is 1. The molecular weight excluding hydrogens is 258 g/mol. The summed E-state index contributed by atoms with van der Waals surface area (Å²) in [6.45, 7) is 5.34. The zero-order valence-electron chi connectivity index (χ0n) is 11.1. The number of aromatic nitrogens is 1. The van der Waals surface area contributed by atoms with Crippen molar-refractivity contribution in [3.63, 3.8) is 0 Å². The van der Waals surface area contributed by atoms with Gasteiger partial charge in [0.05, 0.1) is 17.6 Å². The Morgan fingerprint density at radius 3 is 2.95 bits per heavy atom. The minimum absolute atomic E-state index is 0.0654. The largest absolute Gasteiger partial charge is 0.385 e. The van der Waals surface area contributed by atoms with Crippen molar-refractivity contribution in [2.75, 3.05) is 11.9 Å². The Kier molecular flexibility index (Phi) is 4.52. The van der Waals surface area contributed by atoms with Crippen LogP contribution in [0.5, 0.6) is 0 Å². The van der Waals surface area contributed by atoms with Crippen LogP contribution in [0.15, 0.2) is 29.9 Å². The number of hydrogen-bond acceptors (Lipinski definition) is 4. The number of aryl methyl sites for hydroxylation is 1. The second kappa shape index (κ2) is 6.33. The quantitative estimate of drug-likeness (QED) is 0.882. The van der Waals surface area contributed by atoms with Gasteiger partial charge in [-0.3, -0.25) is 9.78 Å². The summed E-state index contributed by atoms with van der Waals surface area (Å²) in [6.07, 6.45) is 1.77. The van der Waals surface area contributed by atoms with Crippen molar-refractivity contribution in [2.45, 2.75) is 20.4 Å². The number of anilines is 1. The van der Waals surface area contributed by atoms with Crippen LogP contribution in [0.2, 0.25) is 0 Å². The first kappa shape index (κ1) is 13.5. The Balaban J connectivity index is 2.09. The molecule has 2 rings (SSSR count).